The Hall–Kier alpha value is -2.48. The number of hydrogen-bond donors (Lipinski definition) is 2. The highest BCUT2D eigenvalue weighted by atomic mass is 32.2. The Bertz CT molecular complexity index is 830. The maximum absolute atomic E-state index is 12.8. The minimum Gasteiger partial charge on any atom is -0.456 e. The number of thioether (sulfide) groups is 1. The van der Waals surface area contributed by atoms with Crippen LogP contribution < -0.4 is 10.6 Å². The molecule has 0 unspecified atom stereocenters. The van der Waals surface area contributed by atoms with E-state index in [0.717, 1.165) is 36.1 Å². The van der Waals surface area contributed by atoms with Gasteiger partial charge in [-0.2, -0.15) is 0 Å². The molecule has 1 aromatic rings. The molecule has 2 N–H and O–H groups in total. The molecule has 0 spiro atoms. The minimum absolute atomic E-state index is 0.0116. The molecule has 8 heteroatoms. The lowest BCUT2D eigenvalue weighted by Crippen LogP contribution is -2.51. The normalized spacial score (nSPS) is 22.2. The van der Waals surface area contributed by atoms with Gasteiger partial charge in [0.2, 0.25) is 5.91 Å². The molecular weight excluding hydrogens is 378 g/mol. The first-order valence-electron chi connectivity index (χ1n) is 9.48. The summed E-state index contributed by atoms with van der Waals surface area (Å²) in [7, 11) is 0. The summed E-state index contributed by atoms with van der Waals surface area (Å²) in [4.78, 5) is 40.0. The number of ether oxygens (including phenoxy) is 1. The van der Waals surface area contributed by atoms with E-state index in [-0.39, 0.29) is 25.1 Å². The van der Waals surface area contributed by atoms with Crippen LogP contribution in [0.4, 0.5) is 4.79 Å². The molecule has 1 aromatic carbocycles. The van der Waals surface area contributed by atoms with Gasteiger partial charge >= 0.3 is 12.0 Å². The summed E-state index contributed by atoms with van der Waals surface area (Å²) in [6.45, 7) is -0.104. The van der Waals surface area contributed by atoms with Crippen molar-refractivity contribution in [2.24, 2.45) is 0 Å². The number of cyclic esters (lactones) is 1. The Morgan fingerprint density at radius 3 is 2.64 bits per heavy atom. The molecule has 1 aliphatic carbocycles. The van der Waals surface area contributed by atoms with Gasteiger partial charge in [0.1, 0.15) is 13.2 Å². The zero-order valence-electron chi connectivity index (χ0n) is 15.7. The van der Waals surface area contributed by atoms with E-state index in [1.54, 1.807) is 11.8 Å². The van der Waals surface area contributed by atoms with E-state index in [1.807, 2.05) is 30.5 Å². The quantitative estimate of drug-likeness (QED) is 0.584. The van der Waals surface area contributed by atoms with Gasteiger partial charge in [-0.05, 0) is 36.8 Å². The number of rotatable bonds is 5. The topological polar surface area (TPSA) is 87.7 Å². The number of nitrogens with one attached hydrogen (secondary N) is 2. The van der Waals surface area contributed by atoms with Gasteiger partial charge in [0.25, 0.3) is 0 Å². The summed E-state index contributed by atoms with van der Waals surface area (Å²) in [5, 5.41) is 5.84. The third kappa shape index (κ3) is 3.61. The van der Waals surface area contributed by atoms with Crippen LogP contribution in [-0.2, 0) is 14.3 Å². The van der Waals surface area contributed by atoms with Crippen LogP contribution in [0.2, 0.25) is 0 Å². The Morgan fingerprint density at radius 1 is 1.25 bits per heavy atom. The molecule has 1 saturated carbocycles. The van der Waals surface area contributed by atoms with Crippen molar-refractivity contribution in [2.75, 3.05) is 19.4 Å². The molecule has 0 saturated heterocycles. The zero-order valence-corrected chi connectivity index (χ0v) is 16.5. The van der Waals surface area contributed by atoms with Crippen LogP contribution in [0, 0.1) is 0 Å². The first-order chi connectivity index (χ1) is 13.6. The molecule has 0 bridgehead atoms. The Balaban J connectivity index is 1.57. The molecule has 0 aromatic heterocycles. The highest BCUT2D eigenvalue weighted by Crippen LogP contribution is 2.35. The van der Waals surface area contributed by atoms with E-state index in [4.69, 9.17) is 4.74 Å². The lowest BCUT2D eigenvalue weighted by Gasteiger charge is -2.32. The lowest BCUT2D eigenvalue weighted by molar-refractivity contribution is -0.136. The van der Waals surface area contributed by atoms with Crippen LogP contribution in [0.3, 0.4) is 0 Å². The maximum atomic E-state index is 12.8. The van der Waals surface area contributed by atoms with E-state index in [9.17, 15) is 14.4 Å². The van der Waals surface area contributed by atoms with Crippen molar-refractivity contribution in [1.82, 2.24) is 15.5 Å². The van der Waals surface area contributed by atoms with Crippen molar-refractivity contribution < 1.29 is 19.1 Å². The lowest BCUT2D eigenvalue weighted by atomic mass is 9.96. The van der Waals surface area contributed by atoms with Crippen molar-refractivity contribution in [3.63, 3.8) is 0 Å². The third-order valence-corrected chi connectivity index (χ3v) is 6.21. The highest BCUT2D eigenvalue weighted by Gasteiger charge is 2.42. The number of amides is 3. The summed E-state index contributed by atoms with van der Waals surface area (Å²) < 4.78 is 5.21. The standard InChI is InChI=1S/C20H23N3O4S/c1-28-14-8-6-12(7-9-14)18-17-15(11-27-19(17)25)23(20(26)22-18)10-16(24)21-13-4-2-3-5-13/h6-9,13,18H,2-5,10-11H2,1H3,(H,21,24)(H,22,26)/t18-/m1/s1. The molecule has 7 nitrogen and oxygen atoms in total. The second-order valence-electron chi connectivity index (χ2n) is 7.23. The number of nitrogens with zero attached hydrogens (tertiary/aromatic N) is 1. The van der Waals surface area contributed by atoms with E-state index in [1.165, 1.54) is 4.90 Å². The summed E-state index contributed by atoms with van der Waals surface area (Å²) >= 11 is 1.62. The monoisotopic (exact) mass is 401 g/mol. The van der Waals surface area contributed by atoms with E-state index in [0.29, 0.717) is 11.3 Å². The average molecular weight is 401 g/mol. The molecule has 148 valence electrons. The fraction of sp³-hybridized carbons (Fsp3) is 0.450. The SMILES string of the molecule is CSc1ccc([C@H]2NC(=O)N(CC(=O)NC3CCCC3)C3=C2C(=O)OC3)cc1. The maximum Gasteiger partial charge on any atom is 0.338 e. The second kappa shape index (κ2) is 7.87. The Labute approximate surface area is 167 Å². The van der Waals surface area contributed by atoms with Crippen LogP contribution in [-0.4, -0.2) is 48.3 Å². The molecule has 0 radical (unpaired) electrons. The van der Waals surface area contributed by atoms with Gasteiger partial charge in [-0.1, -0.05) is 25.0 Å². The molecular formula is C20H23N3O4S. The number of carbonyl (C=O) groups is 3. The largest absolute Gasteiger partial charge is 0.456 e. The fourth-order valence-electron chi connectivity index (χ4n) is 4.01. The van der Waals surface area contributed by atoms with Gasteiger partial charge in [-0.25, -0.2) is 9.59 Å². The summed E-state index contributed by atoms with van der Waals surface area (Å²) in [5.41, 5.74) is 1.70. The first-order valence-corrected chi connectivity index (χ1v) is 10.7. The summed E-state index contributed by atoms with van der Waals surface area (Å²) in [5.74, 6) is -0.661. The molecule has 3 aliphatic rings. The summed E-state index contributed by atoms with van der Waals surface area (Å²) in [6, 6.07) is 6.92. The minimum atomic E-state index is -0.567. The van der Waals surface area contributed by atoms with Gasteiger partial charge in [0.05, 0.1) is 17.3 Å². The molecule has 28 heavy (non-hydrogen) atoms. The van der Waals surface area contributed by atoms with Crippen LogP contribution in [0.1, 0.15) is 37.3 Å². The predicted molar refractivity (Wildman–Crippen MR) is 105 cm³/mol. The molecule has 3 amide bonds. The summed E-state index contributed by atoms with van der Waals surface area (Å²) in [6.07, 6.45) is 6.16. The van der Waals surface area contributed by atoms with Crippen LogP contribution >= 0.6 is 11.8 Å². The zero-order chi connectivity index (χ0) is 19.7. The van der Waals surface area contributed by atoms with Gasteiger partial charge < -0.3 is 15.4 Å². The van der Waals surface area contributed by atoms with Crippen molar-refractivity contribution in [1.29, 1.82) is 0 Å². The van der Waals surface area contributed by atoms with Crippen LogP contribution in [0.5, 0.6) is 0 Å². The van der Waals surface area contributed by atoms with Gasteiger partial charge in [-0.15, -0.1) is 11.8 Å². The molecule has 2 heterocycles. The number of urea groups is 1. The van der Waals surface area contributed by atoms with Gasteiger partial charge in [-0.3, -0.25) is 9.69 Å². The molecule has 2 aliphatic heterocycles. The Morgan fingerprint density at radius 2 is 1.96 bits per heavy atom. The number of hydrogen-bond acceptors (Lipinski definition) is 5. The second-order valence-corrected chi connectivity index (χ2v) is 8.11. The van der Waals surface area contributed by atoms with E-state index < -0.39 is 18.0 Å². The van der Waals surface area contributed by atoms with E-state index in [2.05, 4.69) is 10.6 Å². The molecule has 1 fully saturated rings. The molecule has 4 rings (SSSR count). The van der Waals surface area contributed by atoms with Crippen molar-refractivity contribution >= 4 is 29.7 Å². The first kappa shape index (κ1) is 18.9. The Kier molecular flexibility index (Phi) is 5.30. The van der Waals surface area contributed by atoms with Crippen LogP contribution in [0.25, 0.3) is 0 Å². The van der Waals surface area contributed by atoms with Gasteiger partial charge in [0, 0.05) is 10.9 Å². The number of esters is 1. The van der Waals surface area contributed by atoms with E-state index >= 15 is 0 Å². The average Bonchev–Trinajstić information content (AvgIpc) is 3.34. The smallest absolute Gasteiger partial charge is 0.338 e. The number of benzene rings is 1. The predicted octanol–water partition coefficient (Wildman–Crippen LogP) is 2.34. The van der Waals surface area contributed by atoms with Gasteiger partial charge in [0.15, 0.2) is 0 Å². The molecule has 1 atom stereocenters. The number of carbonyl (C=O) groups excluding carboxylic acids is 3. The fourth-order valence-corrected chi connectivity index (χ4v) is 4.42. The third-order valence-electron chi connectivity index (χ3n) is 5.47. The highest BCUT2D eigenvalue weighted by molar-refractivity contribution is 7.98. The van der Waals surface area contributed by atoms with Crippen molar-refractivity contribution in [3.05, 3.63) is 41.1 Å². The van der Waals surface area contributed by atoms with Crippen LogP contribution in [0.15, 0.2) is 40.4 Å². The van der Waals surface area contributed by atoms with Crippen molar-refractivity contribution in [2.45, 2.75) is 42.7 Å². The van der Waals surface area contributed by atoms with Crippen molar-refractivity contribution in [3.8, 4) is 0 Å².